The molecule has 0 spiro atoms. The average Bonchev–Trinajstić information content (AvgIpc) is 2.65. The molecule has 0 unspecified atom stereocenters. The van der Waals surface area contributed by atoms with Crippen molar-refractivity contribution in [3.05, 3.63) is 77.5 Å². The summed E-state index contributed by atoms with van der Waals surface area (Å²) in [4.78, 5) is 19.6. The van der Waals surface area contributed by atoms with Gasteiger partial charge in [-0.3, -0.25) is 4.79 Å². The largest absolute Gasteiger partial charge is 0.338 e. The molecule has 0 fully saturated rings. The average molecular weight is 380 g/mol. The fourth-order valence-electron chi connectivity index (χ4n) is 2.09. The second kappa shape index (κ2) is 7.36. The predicted octanol–water partition coefficient (Wildman–Crippen LogP) is 4.17. The maximum absolute atomic E-state index is 13.7. The maximum Gasteiger partial charge on any atom is 0.274 e. The topological polar surface area (TPSA) is 66.9 Å². The molecule has 0 atom stereocenters. The Morgan fingerprint density at radius 3 is 2.30 bits per heavy atom. The van der Waals surface area contributed by atoms with Gasteiger partial charge < -0.3 is 10.6 Å². The number of carbonyl (C=O) groups excluding carboxylic acids is 1. The molecule has 0 radical (unpaired) electrons. The van der Waals surface area contributed by atoms with Gasteiger partial charge in [0.1, 0.15) is 29.5 Å². The molecule has 3 aromatic rings. The summed E-state index contributed by atoms with van der Waals surface area (Å²) in [5.41, 5.74) is -0.955. The van der Waals surface area contributed by atoms with Crippen LogP contribution in [0.1, 0.15) is 10.5 Å². The van der Waals surface area contributed by atoms with Crippen LogP contribution in [-0.4, -0.2) is 15.9 Å². The number of nitrogens with zero attached hydrogens (tertiary/aromatic N) is 2. The Balaban J connectivity index is 1.81. The quantitative estimate of drug-likeness (QED) is 0.527. The normalized spacial score (nSPS) is 10.6. The highest BCUT2D eigenvalue weighted by Crippen LogP contribution is 2.22. The number of rotatable bonds is 4. The van der Waals surface area contributed by atoms with E-state index in [9.17, 15) is 26.7 Å². The van der Waals surface area contributed by atoms with E-state index in [2.05, 4.69) is 15.3 Å². The number of hydrogen-bond donors (Lipinski definition) is 2. The van der Waals surface area contributed by atoms with Gasteiger partial charge in [-0.05, 0) is 24.3 Å². The third kappa shape index (κ3) is 4.00. The molecule has 0 saturated carbocycles. The van der Waals surface area contributed by atoms with E-state index in [0.717, 1.165) is 30.6 Å². The summed E-state index contributed by atoms with van der Waals surface area (Å²) in [5, 5.41) is 4.57. The van der Waals surface area contributed by atoms with Crippen LogP contribution in [0.4, 0.5) is 39.1 Å². The van der Waals surface area contributed by atoms with Crippen molar-refractivity contribution < 1.29 is 26.7 Å². The van der Waals surface area contributed by atoms with Gasteiger partial charge in [0.2, 0.25) is 0 Å². The number of halogens is 5. The van der Waals surface area contributed by atoms with Crippen molar-refractivity contribution in [2.75, 3.05) is 10.6 Å². The van der Waals surface area contributed by atoms with Crippen LogP contribution >= 0.6 is 0 Å². The van der Waals surface area contributed by atoms with Crippen molar-refractivity contribution in [3.63, 3.8) is 0 Å². The number of amides is 1. The molecule has 27 heavy (non-hydrogen) atoms. The Hall–Kier alpha value is -3.56. The van der Waals surface area contributed by atoms with Gasteiger partial charge in [0, 0.05) is 12.1 Å². The first-order valence-corrected chi connectivity index (χ1v) is 7.34. The molecule has 0 aliphatic rings. The molecule has 1 amide bonds. The molecule has 1 aromatic heterocycles. The monoisotopic (exact) mass is 380 g/mol. The van der Waals surface area contributed by atoms with E-state index in [1.807, 2.05) is 5.32 Å². The zero-order chi connectivity index (χ0) is 19.6. The van der Waals surface area contributed by atoms with Crippen LogP contribution in [0, 0.1) is 29.1 Å². The third-order valence-electron chi connectivity index (χ3n) is 3.38. The molecule has 2 aromatic carbocycles. The van der Waals surface area contributed by atoms with E-state index in [1.165, 1.54) is 0 Å². The first-order chi connectivity index (χ1) is 12.8. The standard InChI is InChI=1S/C17H9F5N4O/c18-8-1-3-11(10(20)5-8)25-14-6-13(23-7-24-14)17(27)26-12-4-2-9(19)15(21)16(12)22/h1-7H,(H,26,27)(H,23,24,25). The molecule has 5 nitrogen and oxygen atoms in total. The van der Waals surface area contributed by atoms with Crippen LogP contribution in [0.15, 0.2) is 42.7 Å². The van der Waals surface area contributed by atoms with Crippen LogP contribution < -0.4 is 10.6 Å². The highest BCUT2D eigenvalue weighted by atomic mass is 19.2. The minimum absolute atomic E-state index is 0.00795. The number of benzene rings is 2. The van der Waals surface area contributed by atoms with Gasteiger partial charge in [0.15, 0.2) is 17.5 Å². The SMILES string of the molecule is O=C(Nc1ccc(F)c(F)c1F)c1cc(Nc2ccc(F)cc2F)ncn1. The van der Waals surface area contributed by atoms with E-state index in [-0.39, 0.29) is 17.2 Å². The number of nitrogens with one attached hydrogen (secondary N) is 2. The fraction of sp³-hybridized carbons (Fsp3) is 0. The lowest BCUT2D eigenvalue weighted by atomic mass is 10.2. The lowest BCUT2D eigenvalue weighted by Gasteiger charge is -2.09. The minimum atomic E-state index is -1.73. The zero-order valence-electron chi connectivity index (χ0n) is 13.2. The van der Waals surface area contributed by atoms with Crippen LogP contribution in [0.2, 0.25) is 0 Å². The van der Waals surface area contributed by atoms with Crippen LogP contribution in [0.5, 0.6) is 0 Å². The van der Waals surface area contributed by atoms with Gasteiger partial charge in [0.05, 0.1) is 11.4 Å². The highest BCUT2D eigenvalue weighted by molar-refractivity contribution is 6.03. The lowest BCUT2D eigenvalue weighted by Crippen LogP contribution is -2.16. The van der Waals surface area contributed by atoms with Gasteiger partial charge in [0.25, 0.3) is 5.91 Å². The summed E-state index contributed by atoms with van der Waals surface area (Å²) in [6, 6.07) is 5.41. The Morgan fingerprint density at radius 1 is 0.815 bits per heavy atom. The lowest BCUT2D eigenvalue weighted by molar-refractivity contribution is 0.102. The van der Waals surface area contributed by atoms with E-state index < -0.39 is 40.7 Å². The molecular formula is C17H9F5N4O. The predicted molar refractivity (Wildman–Crippen MR) is 85.9 cm³/mol. The highest BCUT2D eigenvalue weighted by Gasteiger charge is 2.17. The summed E-state index contributed by atoms with van der Waals surface area (Å²) in [6.45, 7) is 0. The summed E-state index contributed by atoms with van der Waals surface area (Å²) in [6.07, 6.45) is 0.972. The number of aromatic nitrogens is 2. The summed E-state index contributed by atoms with van der Waals surface area (Å²) < 4.78 is 66.4. The van der Waals surface area contributed by atoms with Gasteiger partial charge >= 0.3 is 0 Å². The van der Waals surface area contributed by atoms with Crippen molar-refractivity contribution in [2.24, 2.45) is 0 Å². The number of anilines is 3. The molecule has 0 aliphatic carbocycles. The summed E-state index contributed by atoms with van der Waals surface area (Å²) >= 11 is 0. The Kier molecular flexibility index (Phi) is 4.97. The molecule has 0 bridgehead atoms. The molecule has 1 heterocycles. The Morgan fingerprint density at radius 2 is 1.56 bits per heavy atom. The number of hydrogen-bond acceptors (Lipinski definition) is 4. The van der Waals surface area contributed by atoms with E-state index in [0.29, 0.717) is 12.1 Å². The van der Waals surface area contributed by atoms with E-state index in [4.69, 9.17) is 0 Å². The Bertz CT molecular complexity index is 1030. The van der Waals surface area contributed by atoms with Gasteiger partial charge in [-0.1, -0.05) is 0 Å². The van der Waals surface area contributed by atoms with Gasteiger partial charge in [-0.2, -0.15) is 0 Å². The Labute approximate surface area is 148 Å². The first kappa shape index (κ1) is 18.2. The van der Waals surface area contributed by atoms with Crippen molar-refractivity contribution in [3.8, 4) is 0 Å². The minimum Gasteiger partial charge on any atom is -0.338 e. The fourth-order valence-corrected chi connectivity index (χ4v) is 2.09. The first-order valence-electron chi connectivity index (χ1n) is 7.34. The van der Waals surface area contributed by atoms with E-state index >= 15 is 0 Å². The zero-order valence-corrected chi connectivity index (χ0v) is 13.2. The summed E-state index contributed by atoms with van der Waals surface area (Å²) in [7, 11) is 0. The van der Waals surface area contributed by atoms with Crippen LogP contribution in [0.25, 0.3) is 0 Å². The smallest absolute Gasteiger partial charge is 0.274 e. The maximum atomic E-state index is 13.7. The molecule has 10 heteroatoms. The van der Waals surface area contributed by atoms with E-state index in [1.54, 1.807) is 0 Å². The van der Waals surface area contributed by atoms with Crippen molar-refractivity contribution in [2.45, 2.75) is 0 Å². The molecule has 0 saturated heterocycles. The number of carbonyl (C=O) groups is 1. The molecule has 138 valence electrons. The summed E-state index contributed by atoms with van der Waals surface area (Å²) in [5.74, 6) is -7.30. The van der Waals surface area contributed by atoms with Crippen LogP contribution in [-0.2, 0) is 0 Å². The molecule has 3 rings (SSSR count). The third-order valence-corrected chi connectivity index (χ3v) is 3.38. The van der Waals surface area contributed by atoms with Gasteiger partial charge in [-0.25, -0.2) is 31.9 Å². The molecular weight excluding hydrogens is 371 g/mol. The molecule has 0 aliphatic heterocycles. The van der Waals surface area contributed by atoms with Crippen molar-refractivity contribution >= 4 is 23.1 Å². The molecule has 2 N–H and O–H groups in total. The second-order valence-electron chi connectivity index (χ2n) is 5.21. The van der Waals surface area contributed by atoms with Gasteiger partial charge in [-0.15, -0.1) is 0 Å². The van der Waals surface area contributed by atoms with Crippen molar-refractivity contribution in [1.82, 2.24) is 9.97 Å². The van der Waals surface area contributed by atoms with Crippen LogP contribution in [0.3, 0.4) is 0 Å². The van der Waals surface area contributed by atoms with Crippen molar-refractivity contribution in [1.29, 1.82) is 0 Å². The second-order valence-corrected chi connectivity index (χ2v) is 5.21.